The lowest BCUT2D eigenvalue weighted by molar-refractivity contribution is -0.143. The number of nitrogens with one attached hydrogen (secondary N) is 2. The number of Topliss-reactive ketones (excluding diaryl/α,β-unsaturated/α-hetero) is 1. The third kappa shape index (κ3) is 7.20. The maximum Gasteiger partial charge on any atom is 0.323 e. The number of phenols is 1. The number of esters is 2. The number of ketones is 1. The normalized spacial score (nSPS) is 12.9. The summed E-state index contributed by atoms with van der Waals surface area (Å²) in [6.45, 7) is -0.0511. The van der Waals surface area contributed by atoms with E-state index in [9.17, 15) is 19.5 Å². The Morgan fingerprint density at radius 2 is 1.73 bits per heavy atom. The van der Waals surface area contributed by atoms with Gasteiger partial charge in [0.05, 0.1) is 26.8 Å². The molecule has 0 fully saturated rings. The van der Waals surface area contributed by atoms with Crippen molar-refractivity contribution >= 4 is 17.7 Å². The van der Waals surface area contributed by atoms with Crippen LogP contribution in [0.3, 0.4) is 0 Å². The van der Waals surface area contributed by atoms with Gasteiger partial charge in [-0.1, -0.05) is 12.1 Å². The molecule has 144 valence electrons. The summed E-state index contributed by atoms with van der Waals surface area (Å²) >= 11 is 0. The van der Waals surface area contributed by atoms with Gasteiger partial charge in [0, 0.05) is 6.42 Å². The van der Waals surface area contributed by atoms with E-state index >= 15 is 0 Å². The van der Waals surface area contributed by atoms with E-state index in [4.69, 9.17) is 4.74 Å². The predicted molar refractivity (Wildman–Crippen MR) is 94.7 cm³/mol. The van der Waals surface area contributed by atoms with Gasteiger partial charge in [0.25, 0.3) is 0 Å². The number of phenolic OH excluding ortho intramolecular Hbond substituents is 1. The molecule has 0 aliphatic heterocycles. The summed E-state index contributed by atoms with van der Waals surface area (Å²) in [6, 6.07) is 5.22. The maximum absolute atomic E-state index is 12.3. The number of benzene rings is 1. The molecule has 1 aromatic carbocycles. The molecule has 1 aromatic rings. The Morgan fingerprint density at radius 1 is 1.08 bits per heavy atom. The number of likely N-dealkylation sites (N-methyl/N-ethyl adjacent to an activating group) is 1. The highest BCUT2D eigenvalue weighted by molar-refractivity contribution is 5.87. The fraction of sp³-hybridized carbons (Fsp3) is 0.500. The molecule has 0 bridgehead atoms. The first-order chi connectivity index (χ1) is 12.4. The van der Waals surface area contributed by atoms with Crippen LogP contribution >= 0.6 is 0 Å². The first-order valence-corrected chi connectivity index (χ1v) is 8.27. The van der Waals surface area contributed by atoms with Crippen molar-refractivity contribution in [3.05, 3.63) is 29.8 Å². The molecular formula is C18H26N2O6. The smallest absolute Gasteiger partial charge is 0.323 e. The summed E-state index contributed by atoms with van der Waals surface area (Å²) in [4.78, 5) is 35.5. The standard InChI is InChI=1S/C18H26N2O6/c1-19-14(8-9-17(23)25-2)16(22)11-20-15(18(24)26-3)10-12-4-6-13(21)7-5-12/h4-7,14-15,19-21H,8-11H2,1-3H3. The van der Waals surface area contributed by atoms with E-state index in [-0.39, 0.29) is 30.5 Å². The quantitative estimate of drug-likeness (QED) is 0.475. The van der Waals surface area contributed by atoms with E-state index in [0.29, 0.717) is 12.8 Å². The molecule has 0 spiro atoms. The first-order valence-electron chi connectivity index (χ1n) is 8.27. The Labute approximate surface area is 152 Å². The minimum absolute atomic E-state index is 0.0511. The van der Waals surface area contributed by atoms with Crippen LogP contribution in [0, 0.1) is 0 Å². The number of hydrogen-bond donors (Lipinski definition) is 3. The second kappa shape index (κ2) is 11.2. The zero-order valence-electron chi connectivity index (χ0n) is 15.3. The number of carbonyl (C=O) groups excluding carboxylic acids is 3. The SMILES string of the molecule is CNC(CCC(=O)OC)C(=O)CNC(Cc1ccc(O)cc1)C(=O)OC. The third-order valence-corrected chi connectivity index (χ3v) is 3.99. The van der Waals surface area contributed by atoms with Crippen LogP contribution in [0.15, 0.2) is 24.3 Å². The van der Waals surface area contributed by atoms with Gasteiger partial charge in [0.2, 0.25) is 0 Å². The number of ether oxygens (including phenoxy) is 2. The van der Waals surface area contributed by atoms with Crippen molar-refractivity contribution in [3.63, 3.8) is 0 Å². The lowest BCUT2D eigenvalue weighted by atomic mass is 10.0. The molecule has 0 saturated heterocycles. The topological polar surface area (TPSA) is 114 Å². The molecule has 2 atom stereocenters. The van der Waals surface area contributed by atoms with Crippen LogP contribution in [0.25, 0.3) is 0 Å². The Kier molecular flexibility index (Phi) is 9.32. The molecule has 1 rings (SSSR count). The van der Waals surface area contributed by atoms with Gasteiger partial charge in [-0.15, -0.1) is 0 Å². The Morgan fingerprint density at radius 3 is 2.27 bits per heavy atom. The van der Waals surface area contributed by atoms with Crippen LogP contribution in [0.5, 0.6) is 5.75 Å². The summed E-state index contributed by atoms with van der Waals surface area (Å²) in [6.07, 6.45) is 0.749. The number of rotatable bonds is 11. The van der Waals surface area contributed by atoms with Crippen molar-refractivity contribution in [3.8, 4) is 5.75 Å². The summed E-state index contributed by atoms with van der Waals surface area (Å²) in [5.41, 5.74) is 0.814. The average molecular weight is 366 g/mol. The predicted octanol–water partition coefficient (Wildman–Crippen LogP) is 0.176. The Hall–Kier alpha value is -2.45. The molecule has 8 heteroatoms. The van der Waals surface area contributed by atoms with Gasteiger partial charge in [-0.2, -0.15) is 0 Å². The molecular weight excluding hydrogens is 340 g/mol. The fourth-order valence-corrected chi connectivity index (χ4v) is 2.43. The number of hydrogen-bond acceptors (Lipinski definition) is 8. The lowest BCUT2D eigenvalue weighted by Crippen LogP contribution is -2.46. The summed E-state index contributed by atoms with van der Waals surface area (Å²) in [5.74, 6) is -0.905. The highest BCUT2D eigenvalue weighted by Gasteiger charge is 2.23. The fourth-order valence-electron chi connectivity index (χ4n) is 2.43. The monoisotopic (exact) mass is 366 g/mol. The van der Waals surface area contributed by atoms with Gasteiger partial charge in [-0.25, -0.2) is 0 Å². The number of methoxy groups -OCH3 is 2. The van der Waals surface area contributed by atoms with Crippen LogP contribution in [-0.4, -0.2) is 62.7 Å². The van der Waals surface area contributed by atoms with Crippen molar-refractivity contribution < 1.29 is 29.0 Å². The van der Waals surface area contributed by atoms with E-state index in [1.54, 1.807) is 19.2 Å². The van der Waals surface area contributed by atoms with Crippen LogP contribution in [-0.2, 0) is 30.3 Å². The highest BCUT2D eigenvalue weighted by Crippen LogP contribution is 2.12. The van der Waals surface area contributed by atoms with Gasteiger partial charge in [-0.05, 0) is 37.6 Å². The van der Waals surface area contributed by atoms with E-state index in [1.807, 2.05) is 0 Å². The molecule has 0 aliphatic carbocycles. The van der Waals surface area contributed by atoms with Crippen molar-refractivity contribution in [1.29, 1.82) is 0 Å². The minimum Gasteiger partial charge on any atom is -0.508 e. The van der Waals surface area contributed by atoms with E-state index in [1.165, 1.54) is 26.4 Å². The summed E-state index contributed by atoms with van der Waals surface area (Å²) in [5, 5.41) is 15.1. The maximum atomic E-state index is 12.3. The second-order valence-electron chi connectivity index (χ2n) is 5.75. The third-order valence-electron chi connectivity index (χ3n) is 3.99. The number of aromatic hydroxyl groups is 1. The molecule has 0 aromatic heterocycles. The van der Waals surface area contributed by atoms with E-state index in [2.05, 4.69) is 15.4 Å². The van der Waals surface area contributed by atoms with Gasteiger partial charge in [-0.3, -0.25) is 19.7 Å². The lowest BCUT2D eigenvalue weighted by Gasteiger charge is -2.19. The Balaban J connectivity index is 2.63. The molecule has 0 saturated carbocycles. The molecule has 0 amide bonds. The van der Waals surface area contributed by atoms with Gasteiger partial charge in [0.15, 0.2) is 5.78 Å². The largest absolute Gasteiger partial charge is 0.508 e. The van der Waals surface area contributed by atoms with Crippen molar-refractivity contribution in [2.75, 3.05) is 27.8 Å². The van der Waals surface area contributed by atoms with Gasteiger partial charge in [0.1, 0.15) is 11.8 Å². The Bertz CT molecular complexity index is 602. The summed E-state index contributed by atoms with van der Waals surface area (Å²) < 4.78 is 9.35. The van der Waals surface area contributed by atoms with Gasteiger partial charge >= 0.3 is 11.9 Å². The van der Waals surface area contributed by atoms with Gasteiger partial charge < -0.3 is 19.9 Å². The molecule has 3 N–H and O–H groups in total. The molecule has 26 heavy (non-hydrogen) atoms. The zero-order valence-corrected chi connectivity index (χ0v) is 15.3. The van der Waals surface area contributed by atoms with Crippen LogP contribution in [0.2, 0.25) is 0 Å². The molecule has 2 unspecified atom stereocenters. The van der Waals surface area contributed by atoms with Crippen LogP contribution < -0.4 is 10.6 Å². The van der Waals surface area contributed by atoms with E-state index < -0.39 is 18.1 Å². The molecule has 8 nitrogen and oxygen atoms in total. The zero-order chi connectivity index (χ0) is 19.5. The minimum atomic E-state index is -0.702. The van der Waals surface area contributed by atoms with Crippen LogP contribution in [0.1, 0.15) is 18.4 Å². The van der Waals surface area contributed by atoms with Crippen molar-refractivity contribution in [2.24, 2.45) is 0 Å². The second-order valence-corrected chi connectivity index (χ2v) is 5.75. The summed E-state index contributed by atoms with van der Waals surface area (Å²) in [7, 11) is 4.21. The molecule has 0 radical (unpaired) electrons. The van der Waals surface area contributed by atoms with Crippen molar-refractivity contribution in [2.45, 2.75) is 31.3 Å². The van der Waals surface area contributed by atoms with Crippen LogP contribution in [0.4, 0.5) is 0 Å². The number of carbonyl (C=O) groups is 3. The van der Waals surface area contributed by atoms with E-state index in [0.717, 1.165) is 5.56 Å². The van der Waals surface area contributed by atoms with Crippen molar-refractivity contribution in [1.82, 2.24) is 10.6 Å². The highest BCUT2D eigenvalue weighted by atomic mass is 16.5. The average Bonchev–Trinajstić information content (AvgIpc) is 2.66. The molecule has 0 aliphatic rings. The first kappa shape index (κ1) is 21.6. The molecule has 0 heterocycles.